The Kier molecular flexibility index (Phi) is 5.64. The molecular formula is C17H20Cl2N2O3. The quantitative estimate of drug-likeness (QED) is 0.834. The van der Waals surface area contributed by atoms with E-state index in [0.717, 1.165) is 6.42 Å². The number of nitrogens with zero attached hydrogens (tertiary/aromatic N) is 1. The Bertz CT molecular complexity index is 614. The van der Waals surface area contributed by atoms with Gasteiger partial charge in [0.25, 0.3) is 0 Å². The Morgan fingerprint density at radius 3 is 2.54 bits per heavy atom. The number of carbonyl (C=O) groups is 2. The van der Waals surface area contributed by atoms with E-state index in [4.69, 9.17) is 27.9 Å². The fourth-order valence-electron chi connectivity index (χ4n) is 2.87. The first-order valence-corrected chi connectivity index (χ1v) is 8.92. The lowest BCUT2D eigenvalue weighted by Crippen LogP contribution is -2.44. The van der Waals surface area contributed by atoms with E-state index in [1.165, 1.54) is 12.8 Å². The van der Waals surface area contributed by atoms with E-state index in [0.29, 0.717) is 41.2 Å². The highest BCUT2D eigenvalue weighted by molar-refractivity contribution is 6.35. The van der Waals surface area contributed by atoms with Crippen LogP contribution in [-0.2, 0) is 14.3 Å². The van der Waals surface area contributed by atoms with E-state index in [1.54, 1.807) is 23.1 Å². The van der Waals surface area contributed by atoms with Gasteiger partial charge in [-0.15, -0.1) is 0 Å². The summed E-state index contributed by atoms with van der Waals surface area (Å²) in [7, 11) is 0. The Labute approximate surface area is 151 Å². The minimum atomic E-state index is -0.472. The molecule has 0 spiro atoms. The van der Waals surface area contributed by atoms with Gasteiger partial charge in [-0.1, -0.05) is 23.2 Å². The number of benzene rings is 1. The number of nitrogens with one attached hydrogen (secondary N) is 1. The van der Waals surface area contributed by atoms with E-state index >= 15 is 0 Å². The van der Waals surface area contributed by atoms with Crippen LogP contribution in [-0.4, -0.2) is 42.5 Å². The Balaban J connectivity index is 1.56. The van der Waals surface area contributed by atoms with Crippen LogP contribution < -0.4 is 5.32 Å². The van der Waals surface area contributed by atoms with Gasteiger partial charge in [-0.05, 0) is 49.8 Å². The molecule has 1 atom stereocenters. The van der Waals surface area contributed by atoms with Gasteiger partial charge in [0.05, 0.1) is 6.61 Å². The van der Waals surface area contributed by atoms with Crippen LogP contribution in [0.5, 0.6) is 0 Å². The van der Waals surface area contributed by atoms with Crippen molar-refractivity contribution in [1.82, 2.24) is 4.90 Å². The lowest BCUT2D eigenvalue weighted by atomic mass is 10.2. The van der Waals surface area contributed by atoms with Gasteiger partial charge in [-0.2, -0.15) is 0 Å². The van der Waals surface area contributed by atoms with E-state index < -0.39 is 6.04 Å². The smallest absolute Gasteiger partial charge is 0.249 e. The Hall–Kier alpha value is -1.30. The number of likely N-dealkylation sites (tertiary alicyclic amines) is 1. The van der Waals surface area contributed by atoms with Crippen molar-refractivity contribution < 1.29 is 14.3 Å². The molecule has 7 heteroatoms. The topological polar surface area (TPSA) is 58.6 Å². The van der Waals surface area contributed by atoms with Crippen LogP contribution in [0.2, 0.25) is 10.0 Å². The minimum absolute atomic E-state index is 0.0449. The first kappa shape index (κ1) is 17.5. The molecule has 1 heterocycles. The van der Waals surface area contributed by atoms with Gasteiger partial charge in [0, 0.05) is 22.3 Å². The van der Waals surface area contributed by atoms with Gasteiger partial charge in [0.2, 0.25) is 11.8 Å². The van der Waals surface area contributed by atoms with Gasteiger partial charge in [-0.3, -0.25) is 9.59 Å². The number of amides is 2. The average Bonchev–Trinajstić information content (AvgIpc) is 3.19. The molecular weight excluding hydrogens is 351 g/mol. The Morgan fingerprint density at radius 1 is 1.17 bits per heavy atom. The molecule has 2 aliphatic rings. The molecule has 2 amide bonds. The van der Waals surface area contributed by atoms with E-state index in [1.807, 2.05) is 0 Å². The third-order valence-electron chi connectivity index (χ3n) is 4.28. The predicted octanol–water partition coefficient (Wildman–Crippen LogP) is 3.35. The number of halogens is 2. The van der Waals surface area contributed by atoms with Gasteiger partial charge < -0.3 is 15.0 Å². The molecule has 1 saturated carbocycles. The summed E-state index contributed by atoms with van der Waals surface area (Å²) in [5.41, 5.74) is 0.529. The molecule has 2 fully saturated rings. The van der Waals surface area contributed by atoms with Gasteiger partial charge in [0.1, 0.15) is 12.6 Å². The molecule has 24 heavy (non-hydrogen) atoms. The van der Waals surface area contributed by atoms with Crippen LogP contribution in [0.1, 0.15) is 25.7 Å². The second-order valence-corrected chi connectivity index (χ2v) is 7.22. The zero-order valence-electron chi connectivity index (χ0n) is 13.3. The fraction of sp³-hybridized carbons (Fsp3) is 0.529. The molecule has 3 rings (SSSR count). The highest BCUT2D eigenvalue weighted by atomic mass is 35.5. The summed E-state index contributed by atoms with van der Waals surface area (Å²) in [5, 5.41) is 3.69. The Morgan fingerprint density at radius 2 is 1.88 bits per heavy atom. The molecule has 5 nitrogen and oxygen atoms in total. The molecule has 1 saturated heterocycles. The molecule has 1 aliphatic heterocycles. The van der Waals surface area contributed by atoms with Crippen molar-refractivity contribution in [2.75, 3.05) is 25.1 Å². The van der Waals surface area contributed by atoms with Crippen LogP contribution in [0.25, 0.3) is 0 Å². The molecule has 130 valence electrons. The zero-order valence-corrected chi connectivity index (χ0v) is 14.8. The number of anilines is 1. The predicted molar refractivity (Wildman–Crippen MR) is 93.4 cm³/mol. The molecule has 1 aromatic carbocycles. The van der Waals surface area contributed by atoms with Crippen LogP contribution >= 0.6 is 23.2 Å². The lowest BCUT2D eigenvalue weighted by Gasteiger charge is -2.24. The monoisotopic (exact) mass is 370 g/mol. The largest absolute Gasteiger partial charge is 0.371 e. The van der Waals surface area contributed by atoms with E-state index in [9.17, 15) is 9.59 Å². The summed E-state index contributed by atoms with van der Waals surface area (Å²) in [6.45, 7) is 1.26. The summed E-state index contributed by atoms with van der Waals surface area (Å²) < 4.78 is 5.45. The summed E-state index contributed by atoms with van der Waals surface area (Å²) in [4.78, 5) is 26.4. The van der Waals surface area contributed by atoms with Gasteiger partial charge in [0.15, 0.2) is 0 Å². The lowest BCUT2D eigenvalue weighted by molar-refractivity contribution is -0.140. The molecule has 1 N–H and O–H groups in total. The second kappa shape index (κ2) is 7.72. The third-order valence-corrected chi connectivity index (χ3v) is 4.72. The van der Waals surface area contributed by atoms with E-state index in [2.05, 4.69) is 5.32 Å². The van der Waals surface area contributed by atoms with Crippen LogP contribution in [0.4, 0.5) is 5.69 Å². The van der Waals surface area contributed by atoms with Crippen LogP contribution in [0, 0.1) is 5.92 Å². The number of ether oxygens (including phenoxy) is 1. The van der Waals surface area contributed by atoms with Gasteiger partial charge in [-0.25, -0.2) is 0 Å². The summed E-state index contributed by atoms with van der Waals surface area (Å²) in [5.74, 6) is 0.266. The van der Waals surface area contributed by atoms with Crippen molar-refractivity contribution in [3.8, 4) is 0 Å². The molecule has 0 aromatic heterocycles. The van der Waals surface area contributed by atoms with Crippen molar-refractivity contribution >= 4 is 40.7 Å². The van der Waals surface area contributed by atoms with Crippen molar-refractivity contribution in [2.24, 2.45) is 5.92 Å². The van der Waals surface area contributed by atoms with Crippen LogP contribution in [0.3, 0.4) is 0 Å². The number of carbonyl (C=O) groups excluding carboxylic acids is 2. The van der Waals surface area contributed by atoms with Crippen LogP contribution in [0.15, 0.2) is 18.2 Å². The highest BCUT2D eigenvalue weighted by Gasteiger charge is 2.34. The van der Waals surface area contributed by atoms with Crippen molar-refractivity contribution in [3.05, 3.63) is 28.2 Å². The summed E-state index contributed by atoms with van der Waals surface area (Å²) in [6.07, 6.45) is 3.83. The maximum atomic E-state index is 12.5. The molecule has 1 unspecified atom stereocenters. The molecule has 0 radical (unpaired) electrons. The summed E-state index contributed by atoms with van der Waals surface area (Å²) >= 11 is 11.9. The average molecular weight is 371 g/mol. The summed E-state index contributed by atoms with van der Waals surface area (Å²) in [6, 6.07) is 4.39. The third kappa shape index (κ3) is 4.62. The first-order chi connectivity index (χ1) is 11.5. The zero-order chi connectivity index (χ0) is 17.1. The van der Waals surface area contributed by atoms with Crippen molar-refractivity contribution in [2.45, 2.75) is 31.7 Å². The molecule has 1 aromatic rings. The number of hydrogen-bond donors (Lipinski definition) is 1. The normalized spacial score (nSPS) is 20.2. The first-order valence-electron chi connectivity index (χ1n) is 8.17. The minimum Gasteiger partial charge on any atom is -0.371 e. The molecule has 0 bridgehead atoms. The maximum absolute atomic E-state index is 12.5. The standard InChI is InChI=1S/C17H20Cl2N2O3/c18-12-6-13(19)8-14(7-12)20-17(23)15-2-1-5-21(15)16(22)10-24-9-11-3-4-11/h6-8,11,15H,1-5,9-10H2,(H,20,23). The number of hydrogen-bond acceptors (Lipinski definition) is 3. The highest BCUT2D eigenvalue weighted by Crippen LogP contribution is 2.29. The SMILES string of the molecule is O=C(Nc1cc(Cl)cc(Cl)c1)C1CCCN1C(=O)COCC1CC1. The second-order valence-electron chi connectivity index (χ2n) is 6.35. The fourth-order valence-corrected chi connectivity index (χ4v) is 3.40. The number of rotatable bonds is 6. The van der Waals surface area contributed by atoms with E-state index in [-0.39, 0.29) is 18.4 Å². The van der Waals surface area contributed by atoms with Crippen molar-refractivity contribution in [1.29, 1.82) is 0 Å². The molecule has 1 aliphatic carbocycles. The van der Waals surface area contributed by atoms with Crippen molar-refractivity contribution in [3.63, 3.8) is 0 Å². The maximum Gasteiger partial charge on any atom is 0.249 e. The van der Waals surface area contributed by atoms with Gasteiger partial charge >= 0.3 is 0 Å².